The van der Waals surface area contributed by atoms with E-state index in [9.17, 15) is 9.59 Å². The van der Waals surface area contributed by atoms with Crippen LogP contribution in [0.1, 0.15) is 59.6 Å². The number of carbonyl (C=O) groups is 2. The predicted molar refractivity (Wildman–Crippen MR) is 131 cm³/mol. The van der Waals surface area contributed by atoms with Crippen molar-refractivity contribution in [3.8, 4) is 5.75 Å². The Bertz CT molecular complexity index is 1140. The Labute approximate surface area is 194 Å². The number of hydrogen-bond acceptors (Lipinski definition) is 4. The molecule has 2 amide bonds. The van der Waals surface area contributed by atoms with Crippen molar-refractivity contribution in [2.75, 3.05) is 16.8 Å². The number of rotatable bonds is 8. The Hall–Kier alpha value is -3.80. The number of amides is 2. The van der Waals surface area contributed by atoms with Gasteiger partial charge in [0.1, 0.15) is 11.9 Å². The summed E-state index contributed by atoms with van der Waals surface area (Å²) in [5, 5.41) is 6.47. The topological polar surface area (TPSA) is 70.7 Å². The van der Waals surface area contributed by atoms with E-state index in [0.29, 0.717) is 17.7 Å². The molecular formula is C27H29N3O3. The van der Waals surface area contributed by atoms with Crippen LogP contribution in [0.3, 0.4) is 0 Å². The Kier molecular flexibility index (Phi) is 6.63. The maximum Gasteiger partial charge on any atom is 0.260 e. The molecule has 6 heteroatoms. The maximum absolute atomic E-state index is 13.3. The summed E-state index contributed by atoms with van der Waals surface area (Å²) in [6.45, 7) is 6.53. The molecule has 0 aromatic heterocycles. The lowest BCUT2D eigenvalue weighted by atomic mass is 10.1. The number of benzene rings is 3. The van der Waals surface area contributed by atoms with Crippen molar-refractivity contribution in [1.82, 2.24) is 5.32 Å². The number of ether oxygens (including phenoxy) is 1. The lowest BCUT2D eigenvalue weighted by Gasteiger charge is -2.27. The number of anilines is 2. The molecule has 2 unspecified atom stereocenters. The van der Waals surface area contributed by atoms with Crippen LogP contribution in [0.4, 0.5) is 11.4 Å². The zero-order chi connectivity index (χ0) is 23.4. The minimum atomic E-state index is -0.403. The Balaban J connectivity index is 1.65. The first-order valence-electron chi connectivity index (χ1n) is 11.3. The number of hydrogen-bond donors (Lipinski definition) is 2. The van der Waals surface area contributed by atoms with E-state index in [-0.39, 0.29) is 17.9 Å². The minimum absolute atomic E-state index is 0.0714. The van der Waals surface area contributed by atoms with Crippen molar-refractivity contribution in [3.63, 3.8) is 0 Å². The zero-order valence-electron chi connectivity index (χ0n) is 19.2. The second-order valence-corrected chi connectivity index (χ2v) is 8.10. The van der Waals surface area contributed by atoms with Gasteiger partial charge in [0, 0.05) is 34.1 Å². The van der Waals surface area contributed by atoms with Crippen molar-refractivity contribution >= 4 is 23.2 Å². The zero-order valence-corrected chi connectivity index (χ0v) is 19.2. The van der Waals surface area contributed by atoms with Crippen LogP contribution in [0.2, 0.25) is 0 Å². The van der Waals surface area contributed by atoms with E-state index in [1.54, 1.807) is 11.0 Å². The van der Waals surface area contributed by atoms with Crippen molar-refractivity contribution in [3.05, 3.63) is 89.5 Å². The third-order valence-electron chi connectivity index (χ3n) is 5.81. The van der Waals surface area contributed by atoms with Gasteiger partial charge in [-0.3, -0.25) is 14.5 Å². The molecular weight excluding hydrogens is 414 g/mol. The monoisotopic (exact) mass is 443 g/mol. The molecule has 3 aromatic carbocycles. The highest BCUT2D eigenvalue weighted by molar-refractivity contribution is 6.11. The summed E-state index contributed by atoms with van der Waals surface area (Å²) in [6, 6.07) is 22.6. The van der Waals surface area contributed by atoms with Gasteiger partial charge in [-0.1, -0.05) is 31.2 Å². The summed E-state index contributed by atoms with van der Waals surface area (Å²) in [4.78, 5) is 27.7. The molecule has 33 heavy (non-hydrogen) atoms. The molecule has 2 atom stereocenters. The Morgan fingerprint density at radius 1 is 1.03 bits per heavy atom. The van der Waals surface area contributed by atoms with Gasteiger partial charge in [0.05, 0.1) is 6.61 Å². The molecule has 1 aliphatic rings. The molecule has 1 aliphatic heterocycles. The molecule has 170 valence electrons. The van der Waals surface area contributed by atoms with E-state index >= 15 is 0 Å². The lowest BCUT2D eigenvalue weighted by molar-refractivity contribution is 0.0938. The molecule has 2 N–H and O–H groups in total. The summed E-state index contributed by atoms with van der Waals surface area (Å²) in [5.74, 6) is 0.576. The summed E-state index contributed by atoms with van der Waals surface area (Å²) in [7, 11) is 0. The quantitative estimate of drug-likeness (QED) is 0.490. The fourth-order valence-electron chi connectivity index (χ4n) is 3.91. The van der Waals surface area contributed by atoms with E-state index in [1.165, 1.54) is 0 Å². The average Bonchev–Trinajstić information content (AvgIpc) is 3.11. The molecule has 0 radical (unpaired) electrons. The second-order valence-electron chi connectivity index (χ2n) is 8.10. The fraction of sp³-hybridized carbons (Fsp3) is 0.259. The smallest absolute Gasteiger partial charge is 0.260 e. The molecule has 6 nitrogen and oxygen atoms in total. The largest absolute Gasteiger partial charge is 0.494 e. The molecule has 0 spiro atoms. The minimum Gasteiger partial charge on any atom is -0.494 e. The van der Waals surface area contributed by atoms with Gasteiger partial charge >= 0.3 is 0 Å². The van der Waals surface area contributed by atoms with Crippen LogP contribution in [-0.2, 0) is 0 Å². The van der Waals surface area contributed by atoms with Crippen LogP contribution in [0, 0.1) is 0 Å². The van der Waals surface area contributed by atoms with E-state index in [0.717, 1.165) is 29.1 Å². The summed E-state index contributed by atoms with van der Waals surface area (Å²) in [5.41, 5.74) is 3.66. The van der Waals surface area contributed by atoms with Crippen LogP contribution in [0.15, 0.2) is 72.8 Å². The van der Waals surface area contributed by atoms with Gasteiger partial charge in [0.25, 0.3) is 11.8 Å². The van der Waals surface area contributed by atoms with E-state index in [2.05, 4.69) is 10.6 Å². The van der Waals surface area contributed by atoms with Gasteiger partial charge in [-0.05, 0) is 68.8 Å². The predicted octanol–water partition coefficient (Wildman–Crippen LogP) is 5.38. The fourth-order valence-corrected chi connectivity index (χ4v) is 3.91. The van der Waals surface area contributed by atoms with Crippen LogP contribution >= 0.6 is 0 Å². The number of nitrogens with one attached hydrogen (secondary N) is 2. The first-order chi connectivity index (χ1) is 16.0. The van der Waals surface area contributed by atoms with Gasteiger partial charge in [-0.2, -0.15) is 0 Å². The van der Waals surface area contributed by atoms with E-state index in [4.69, 9.17) is 4.74 Å². The van der Waals surface area contributed by atoms with Crippen LogP contribution < -0.4 is 20.3 Å². The molecule has 0 bridgehead atoms. The van der Waals surface area contributed by atoms with Gasteiger partial charge in [0.15, 0.2) is 0 Å². The van der Waals surface area contributed by atoms with Crippen LogP contribution in [0.5, 0.6) is 5.75 Å². The standard InChI is InChI=1S/C27H29N3O3/c1-4-18(3)28-26(31)19-9-8-10-20(17-19)29-25-23-11-6-7-12-24(23)27(32)30(25)21-13-15-22(16-14-21)33-5-2/h6-18,25,29H,4-5H2,1-3H3,(H,28,31). The highest BCUT2D eigenvalue weighted by Crippen LogP contribution is 2.38. The summed E-state index contributed by atoms with van der Waals surface area (Å²) < 4.78 is 5.55. The van der Waals surface area contributed by atoms with Crippen molar-refractivity contribution < 1.29 is 14.3 Å². The second kappa shape index (κ2) is 9.77. The van der Waals surface area contributed by atoms with Gasteiger partial charge in [-0.25, -0.2) is 0 Å². The maximum atomic E-state index is 13.3. The molecule has 0 fully saturated rings. The summed E-state index contributed by atoms with van der Waals surface area (Å²) in [6.07, 6.45) is 0.460. The molecule has 4 rings (SSSR count). The number of carbonyl (C=O) groups excluding carboxylic acids is 2. The van der Waals surface area contributed by atoms with Gasteiger partial charge < -0.3 is 15.4 Å². The molecule has 0 saturated carbocycles. The van der Waals surface area contributed by atoms with Gasteiger partial charge in [0.2, 0.25) is 0 Å². The number of fused-ring (bicyclic) bond motifs is 1. The first-order valence-corrected chi connectivity index (χ1v) is 11.3. The normalized spacial score (nSPS) is 15.7. The Morgan fingerprint density at radius 3 is 2.52 bits per heavy atom. The van der Waals surface area contributed by atoms with Crippen molar-refractivity contribution in [2.24, 2.45) is 0 Å². The third-order valence-corrected chi connectivity index (χ3v) is 5.81. The number of nitrogens with zero attached hydrogens (tertiary/aromatic N) is 1. The van der Waals surface area contributed by atoms with E-state index in [1.807, 2.05) is 87.5 Å². The lowest BCUT2D eigenvalue weighted by Crippen LogP contribution is -2.33. The third kappa shape index (κ3) is 4.70. The molecule has 1 heterocycles. The average molecular weight is 444 g/mol. The van der Waals surface area contributed by atoms with Crippen LogP contribution in [-0.4, -0.2) is 24.5 Å². The molecule has 3 aromatic rings. The van der Waals surface area contributed by atoms with Crippen LogP contribution in [0.25, 0.3) is 0 Å². The molecule has 0 saturated heterocycles. The van der Waals surface area contributed by atoms with Crippen molar-refractivity contribution in [1.29, 1.82) is 0 Å². The molecule has 0 aliphatic carbocycles. The first kappa shape index (κ1) is 22.4. The van der Waals surface area contributed by atoms with Crippen molar-refractivity contribution in [2.45, 2.75) is 39.4 Å². The highest BCUT2D eigenvalue weighted by atomic mass is 16.5. The summed E-state index contributed by atoms with van der Waals surface area (Å²) >= 11 is 0. The Morgan fingerprint density at radius 2 is 1.79 bits per heavy atom. The highest BCUT2D eigenvalue weighted by Gasteiger charge is 2.37. The van der Waals surface area contributed by atoms with E-state index < -0.39 is 6.17 Å². The van der Waals surface area contributed by atoms with Gasteiger partial charge in [-0.15, -0.1) is 0 Å². The SMILES string of the molecule is CCOc1ccc(N2C(=O)c3ccccc3C2Nc2cccc(C(=O)NC(C)CC)c2)cc1.